The molecular formula is C30H37N7O4. The van der Waals surface area contributed by atoms with Crippen LogP contribution in [0, 0.1) is 5.92 Å². The molecule has 5 rings (SSSR count). The van der Waals surface area contributed by atoms with E-state index in [-0.39, 0.29) is 5.56 Å². The number of anilines is 1. The molecule has 0 amide bonds. The van der Waals surface area contributed by atoms with E-state index in [9.17, 15) is 9.59 Å². The fraction of sp³-hybridized carbons (Fsp3) is 0.467. The summed E-state index contributed by atoms with van der Waals surface area (Å²) in [7, 11) is 1.78. The smallest absolute Gasteiger partial charge is 0.341 e. The Morgan fingerprint density at radius 1 is 1.10 bits per heavy atom. The highest BCUT2D eigenvalue weighted by Crippen LogP contribution is 2.32. The molecule has 11 heteroatoms. The maximum Gasteiger partial charge on any atom is 0.341 e. The second-order valence-corrected chi connectivity index (χ2v) is 10.3. The molecule has 1 aromatic carbocycles. The molecule has 0 saturated carbocycles. The van der Waals surface area contributed by atoms with Gasteiger partial charge in [0.25, 0.3) is 5.56 Å². The van der Waals surface area contributed by atoms with Crippen molar-refractivity contribution in [2.75, 3.05) is 31.2 Å². The molecule has 0 radical (unpaired) electrons. The van der Waals surface area contributed by atoms with E-state index in [2.05, 4.69) is 44.0 Å². The minimum absolute atomic E-state index is 0.208. The lowest BCUT2D eigenvalue weighted by atomic mass is 9.89. The van der Waals surface area contributed by atoms with Crippen LogP contribution in [0.1, 0.15) is 61.6 Å². The fourth-order valence-electron chi connectivity index (χ4n) is 5.42. The quantitative estimate of drug-likeness (QED) is 0.286. The Bertz CT molecular complexity index is 1570. The first kappa shape index (κ1) is 28.3. The second-order valence-electron chi connectivity index (χ2n) is 10.3. The summed E-state index contributed by atoms with van der Waals surface area (Å²) in [4.78, 5) is 43.8. The highest BCUT2D eigenvalue weighted by atomic mass is 16.5. The molecule has 216 valence electrons. The number of hydrogen-bond acceptors (Lipinski definition) is 9. The predicted molar refractivity (Wildman–Crippen MR) is 156 cm³/mol. The number of aromatic nitrogens is 6. The highest BCUT2D eigenvalue weighted by molar-refractivity contribution is 5.88. The topological polar surface area (TPSA) is 128 Å². The van der Waals surface area contributed by atoms with Crippen molar-refractivity contribution in [3.63, 3.8) is 0 Å². The van der Waals surface area contributed by atoms with Crippen LogP contribution in [-0.2, 0) is 24.6 Å². The molecule has 0 aliphatic carbocycles. The molecule has 4 aromatic rings. The largest absolute Gasteiger partial charge is 0.493 e. The van der Waals surface area contributed by atoms with Gasteiger partial charge in [-0.3, -0.25) is 9.48 Å². The van der Waals surface area contributed by atoms with Crippen LogP contribution in [0.3, 0.4) is 0 Å². The lowest BCUT2D eigenvalue weighted by molar-refractivity contribution is 0.0525. The van der Waals surface area contributed by atoms with E-state index in [4.69, 9.17) is 14.5 Å². The van der Waals surface area contributed by atoms with E-state index >= 15 is 0 Å². The second kappa shape index (κ2) is 12.5. The first-order chi connectivity index (χ1) is 19.9. The summed E-state index contributed by atoms with van der Waals surface area (Å²) in [5, 5.41) is 4.55. The van der Waals surface area contributed by atoms with E-state index in [1.54, 1.807) is 18.7 Å². The van der Waals surface area contributed by atoms with Crippen molar-refractivity contribution in [2.24, 2.45) is 13.0 Å². The van der Waals surface area contributed by atoms with Crippen molar-refractivity contribution >= 4 is 23.0 Å². The van der Waals surface area contributed by atoms with Crippen LogP contribution < -0.4 is 15.2 Å². The summed E-state index contributed by atoms with van der Waals surface area (Å²) in [5.74, 6) is 1.89. The standard InChI is InChI=1S/C30H37N7O4/c1-5-8-23-25-26(36(4)35-23)28(38)34-27(33-25)22-16-20(9-10-24(22)40-6-2)15-19-11-13-37(14-12-19)30-31-17-21(18-32-30)29(39)41-7-3/h9-10,16-19H,5-8,11-15H2,1-4H3,(H,33,34,38). The summed E-state index contributed by atoms with van der Waals surface area (Å²) in [6.07, 6.45) is 7.60. The van der Waals surface area contributed by atoms with Gasteiger partial charge in [0.1, 0.15) is 17.1 Å². The molecule has 0 bridgehead atoms. The number of H-pyrrole nitrogens is 1. The van der Waals surface area contributed by atoms with Crippen molar-refractivity contribution in [3.05, 3.63) is 57.8 Å². The van der Waals surface area contributed by atoms with E-state index in [1.807, 2.05) is 13.0 Å². The van der Waals surface area contributed by atoms with Gasteiger partial charge in [0.05, 0.1) is 30.0 Å². The summed E-state index contributed by atoms with van der Waals surface area (Å²) >= 11 is 0. The SMILES string of the molecule is CCCc1nn(C)c2c(=O)[nH]c(-c3cc(CC4CCN(c5ncc(C(=O)OCC)cn5)CC4)ccc3OCC)nc12. The van der Waals surface area contributed by atoms with Crippen LogP contribution in [0.15, 0.2) is 35.4 Å². The van der Waals surface area contributed by atoms with Gasteiger partial charge in [-0.25, -0.2) is 19.7 Å². The first-order valence-corrected chi connectivity index (χ1v) is 14.4. The number of esters is 1. The number of ether oxygens (including phenoxy) is 2. The van der Waals surface area contributed by atoms with Crippen LogP contribution in [-0.4, -0.2) is 62.0 Å². The summed E-state index contributed by atoms with van der Waals surface area (Å²) in [5.41, 5.74) is 4.06. The number of nitrogens with zero attached hydrogens (tertiary/aromatic N) is 6. The van der Waals surface area contributed by atoms with Gasteiger partial charge in [-0.05, 0) is 63.1 Å². The number of piperidine rings is 1. The molecule has 1 N–H and O–H groups in total. The Hall–Kier alpha value is -4.28. The highest BCUT2D eigenvalue weighted by Gasteiger charge is 2.23. The van der Waals surface area contributed by atoms with Gasteiger partial charge in [-0.15, -0.1) is 0 Å². The zero-order valence-electron chi connectivity index (χ0n) is 24.1. The number of carbonyl (C=O) groups is 1. The van der Waals surface area contributed by atoms with E-state index in [0.717, 1.165) is 56.5 Å². The summed E-state index contributed by atoms with van der Waals surface area (Å²) in [6.45, 7) is 8.30. The number of aromatic amines is 1. The average Bonchev–Trinajstić information content (AvgIpc) is 3.30. The van der Waals surface area contributed by atoms with Crippen molar-refractivity contribution in [1.29, 1.82) is 0 Å². The fourth-order valence-corrected chi connectivity index (χ4v) is 5.42. The van der Waals surface area contributed by atoms with Crippen LogP contribution in [0.25, 0.3) is 22.4 Å². The number of nitrogens with one attached hydrogen (secondary N) is 1. The Morgan fingerprint density at radius 3 is 2.54 bits per heavy atom. The van der Waals surface area contributed by atoms with Gasteiger partial charge < -0.3 is 19.4 Å². The zero-order chi connectivity index (χ0) is 28.9. The molecule has 1 aliphatic rings. The molecule has 0 atom stereocenters. The third-order valence-corrected chi connectivity index (χ3v) is 7.42. The monoisotopic (exact) mass is 559 g/mol. The van der Waals surface area contributed by atoms with E-state index < -0.39 is 5.97 Å². The number of aryl methyl sites for hydroxylation is 2. The van der Waals surface area contributed by atoms with E-state index in [1.165, 1.54) is 18.0 Å². The molecule has 4 heterocycles. The molecule has 0 unspecified atom stereocenters. The Labute approximate surface area is 238 Å². The van der Waals surface area contributed by atoms with Gasteiger partial charge in [0.15, 0.2) is 5.52 Å². The lowest BCUT2D eigenvalue weighted by Crippen LogP contribution is -2.35. The van der Waals surface area contributed by atoms with Gasteiger partial charge in [0.2, 0.25) is 5.95 Å². The van der Waals surface area contributed by atoms with Crippen LogP contribution in [0.2, 0.25) is 0 Å². The molecule has 11 nitrogen and oxygen atoms in total. The minimum Gasteiger partial charge on any atom is -0.493 e. The van der Waals surface area contributed by atoms with Crippen molar-refractivity contribution in [2.45, 2.75) is 52.9 Å². The van der Waals surface area contributed by atoms with Gasteiger partial charge in [-0.2, -0.15) is 5.10 Å². The van der Waals surface area contributed by atoms with Gasteiger partial charge in [0, 0.05) is 32.5 Å². The molecule has 41 heavy (non-hydrogen) atoms. The van der Waals surface area contributed by atoms with Crippen LogP contribution in [0.5, 0.6) is 5.75 Å². The van der Waals surface area contributed by atoms with Crippen molar-refractivity contribution in [3.8, 4) is 17.1 Å². The minimum atomic E-state index is -0.409. The molecular weight excluding hydrogens is 522 g/mol. The van der Waals surface area contributed by atoms with Crippen LogP contribution in [0.4, 0.5) is 5.95 Å². The summed E-state index contributed by atoms with van der Waals surface area (Å²) in [6, 6.07) is 6.17. The first-order valence-electron chi connectivity index (χ1n) is 14.4. The van der Waals surface area contributed by atoms with Gasteiger partial charge in [-0.1, -0.05) is 19.4 Å². The summed E-state index contributed by atoms with van der Waals surface area (Å²) < 4.78 is 12.6. The van der Waals surface area contributed by atoms with Crippen molar-refractivity contribution < 1.29 is 14.3 Å². The van der Waals surface area contributed by atoms with Crippen LogP contribution >= 0.6 is 0 Å². The van der Waals surface area contributed by atoms with Gasteiger partial charge >= 0.3 is 5.97 Å². The number of carbonyl (C=O) groups excluding carboxylic acids is 1. The number of benzene rings is 1. The molecule has 3 aromatic heterocycles. The molecule has 1 saturated heterocycles. The number of hydrogen-bond donors (Lipinski definition) is 1. The normalized spacial score (nSPS) is 14.0. The Morgan fingerprint density at radius 2 is 1.85 bits per heavy atom. The zero-order valence-corrected chi connectivity index (χ0v) is 24.1. The number of fused-ring (bicyclic) bond motifs is 1. The van der Waals surface area contributed by atoms with E-state index in [0.29, 0.717) is 53.3 Å². The number of rotatable bonds is 10. The molecule has 1 fully saturated rings. The maximum absolute atomic E-state index is 13.1. The van der Waals surface area contributed by atoms with Crippen molar-refractivity contribution in [1.82, 2.24) is 29.7 Å². The third-order valence-electron chi connectivity index (χ3n) is 7.42. The molecule has 0 spiro atoms. The Kier molecular flexibility index (Phi) is 8.61. The maximum atomic E-state index is 13.1. The predicted octanol–water partition coefficient (Wildman–Crippen LogP) is 4.10. The lowest BCUT2D eigenvalue weighted by Gasteiger charge is -2.32. The molecule has 1 aliphatic heterocycles. The third kappa shape index (κ3) is 6.08. The Balaban J connectivity index is 1.33. The average molecular weight is 560 g/mol.